The van der Waals surface area contributed by atoms with E-state index in [1.54, 1.807) is 30.3 Å². The second kappa shape index (κ2) is 11.6. The smallest absolute Gasteiger partial charge is 0.251 e. The third kappa shape index (κ3) is 8.52. The number of nitrogens with two attached hydrogens (primary N) is 3. The number of benzene rings is 1. The van der Waals surface area contributed by atoms with E-state index in [1.807, 2.05) is 13.8 Å². The number of amides is 3. The molecule has 0 saturated carbocycles. The van der Waals surface area contributed by atoms with Crippen molar-refractivity contribution in [3.63, 3.8) is 0 Å². The van der Waals surface area contributed by atoms with Crippen molar-refractivity contribution < 1.29 is 14.4 Å². The molecule has 9 nitrogen and oxygen atoms in total. The van der Waals surface area contributed by atoms with Gasteiger partial charge in [0.2, 0.25) is 11.8 Å². The molecule has 8 N–H and O–H groups in total. The molecular formula is C19H30N6O3. The first-order chi connectivity index (χ1) is 13.2. The van der Waals surface area contributed by atoms with Crippen LogP contribution in [0, 0.1) is 5.92 Å². The molecule has 1 aromatic carbocycles. The summed E-state index contributed by atoms with van der Waals surface area (Å²) in [6.07, 6.45) is 1.18. The molecule has 9 heteroatoms. The Morgan fingerprint density at radius 1 is 1.00 bits per heavy atom. The highest BCUT2D eigenvalue weighted by Crippen LogP contribution is 2.07. The van der Waals surface area contributed by atoms with Crippen LogP contribution < -0.4 is 27.8 Å². The zero-order valence-corrected chi connectivity index (χ0v) is 16.4. The predicted molar refractivity (Wildman–Crippen MR) is 108 cm³/mol. The van der Waals surface area contributed by atoms with Gasteiger partial charge in [0.1, 0.15) is 12.1 Å². The van der Waals surface area contributed by atoms with Crippen LogP contribution in [0.15, 0.2) is 35.3 Å². The van der Waals surface area contributed by atoms with Crippen molar-refractivity contribution in [2.45, 2.75) is 45.2 Å². The summed E-state index contributed by atoms with van der Waals surface area (Å²) in [5.41, 5.74) is 16.4. The summed E-state index contributed by atoms with van der Waals surface area (Å²) in [5.74, 6) is -1.35. The molecule has 0 aliphatic rings. The summed E-state index contributed by atoms with van der Waals surface area (Å²) in [6.45, 7) is 4.16. The van der Waals surface area contributed by atoms with Crippen molar-refractivity contribution >= 4 is 23.7 Å². The highest BCUT2D eigenvalue weighted by molar-refractivity contribution is 5.98. The number of primary amides is 1. The second-order valence-electron chi connectivity index (χ2n) is 6.93. The normalized spacial score (nSPS) is 12.7. The number of carbonyl (C=O) groups is 3. The van der Waals surface area contributed by atoms with Gasteiger partial charge in [0.05, 0.1) is 0 Å². The molecule has 0 aliphatic heterocycles. The maximum Gasteiger partial charge on any atom is 0.251 e. The van der Waals surface area contributed by atoms with Gasteiger partial charge in [-0.15, -0.1) is 0 Å². The topological polar surface area (TPSA) is 166 Å². The molecule has 0 bridgehead atoms. The van der Waals surface area contributed by atoms with E-state index in [0.29, 0.717) is 31.4 Å². The molecule has 0 heterocycles. The number of guanidine groups is 1. The van der Waals surface area contributed by atoms with Gasteiger partial charge in [-0.1, -0.05) is 32.0 Å². The van der Waals surface area contributed by atoms with E-state index in [9.17, 15) is 14.4 Å². The van der Waals surface area contributed by atoms with Crippen LogP contribution in [0.25, 0.3) is 0 Å². The minimum absolute atomic E-state index is 0.0416. The highest BCUT2D eigenvalue weighted by atomic mass is 16.2. The molecule has 1 aromatic rings. The average molecular weight is 390 g/mol. The maximum absolute atomic E-state index is 12.7. The Bertz CT molecular complexity index is 686. The lowest BCUT2D eigenvalue weighted by atomic mass is 10.0. The average Bonchev–Trinajstić information content (AvgIpc) is 2.63. The van der Waals surface area contributed by atoms with Gasteiger partial charge in [-0.25, -0.2) is 0 Å². The van der Waals surface area contributed by atoms with Gasteiger partial charge >= 0.3 is 0 Å². The van der Waals surface area contributed by atoms with Crippen molar-refractivity contribution in [2.75, 3.05) is 6.54 Å². The number of hydrogen-bond acceptors (Lipinski definition) is 4. The summed E-state index contributed by atoms with van der Waals surface area (Å²) in [5, 5.41) is 5.35. The van der Waals surface area contributed by atoms with Gasteiger partial charge in [0.15, 0.2) is 5.96 Å². The lowest BCUT2D eigenvalue weighted by molar-refractivity contribution is -0.128. The molecule has 1 rings (SSSR count). The lowest BCUT2D eigenvalue weighted by Crippen LogP contribution is -2.53. The Morgan fingerprint density at radius 2 is 1.64 bits per heavy atom. The molecular weight excluding hydrogens is 360 g/mol. The molecule has 2 atom stereocenters. The van der Waals surface area contributed by atoms with E-state index in [0.717, 1.165) is 0 Å². The van der Waals surface area contributed by atoms with Crippen molar-refractivity contribution in [1.29, 1.82) is 0 Å². The van der Waals surface area contributed by atoms with E-state index in [2.05, 4.69) is 15.6 Å². The fraction of sp³-hybridized carbons (Fsp3) is 0.474. The summed E-state index contributed by atoms with van der Waals surface area (Å²) in [4.78, 5) is 40.7. The van der Waals surface area contributed by atoms with Crippen LogP contribution in [0.4, 0.5) is 0 Å². The number of rotatable bonds is 11. The maximum atomic E-state index is 12.7. The molecule has 0 aromatic heterocycles. The van der Waals surface area contributed by atoms with Gasteiger partial charge < -0.3 is 27.8 Å². The first kappa shape index (κ1) is 22.9. The molecule has 0 radical (unpaired) electrons. The van der Waals surface area contributed by atoms with E-state index in [1.165, 1.54) is 0 Å². The van der Waals surface area contributed by atoms with Gasteiger partial charge in [0.25, 0.3) is 5.91 Å². The predicted octanol–water partition coefficient (Wildman–Crippen LogP) is -0.145. The largest absolute Gasteiger partial charge is 0.370 e. The first-order valence-corrected chi connectivity index (χ1v) is 9.21. The van der Waals surface area contributed by atoms with E-state index in [4.69, 9.17) is 17.2 Å². The van der Waals surface area contributed by atoms with Crippen molar-refractivity contribution in [3.8, 4) is 0 Å². The molecule has 0 fully saturated rings. The van der Waals surface area contributed by atoms with E-state index < -0.39 is 23.9 Å². The lowest BCUT2D eigenvalue weighted by Gasteiger charge is -2.23. The molecule has 0 unspecified atom stereocenters. The molecule has 0 aliphatic carbocycles. The fourth-order valence-electron chi connectivity index (χ4n) is 2.59. The summed E-state index contributed by atoms with van der Waals surface area (Å²) < 4.78 is 0. The van der Waals surface area contributed by atoms with Crippen LogP contribution in [0.1, 0.15) is 43.5 Å². The van der Waals surface area contributed by atoms with Crippen molar-refractivity contribution in [2.24, 2.45) is 28.1 Å². The van der Waals surface area contributed by atoms with Crippen LogP contribution in [-0.4, -0.2) is 42.3 Å². The van der Waals surface area contributed by atoms with E-state index in [-0.39, 0.29) is 17.8 Å². The van der Waals surface area contributed by atoms with Gasteiger partial charge in [-0.05, 0) is 37.3 Å². The number of carbonyl (C=O) groups excluding carboxylic acids is 3. The monoisotopic (exact) mass is 390 g/mol. The molecule has 28 heavy (non-hydrogen) atoms. The minimum atomic E-state index is -0.851. The number of nitrogens with zero attached hydrogens (tertiary/aromatic N) is 1. The summed E-state index contributed by atoms with van der Waals surface area (Å²) >= 11 is 0. The summed E-state index contributed by atoms with van der Waals surface area (Å²) in [7, 11) is 0. The zero-order chi connectivity index (χ0) is 21.1. The van der Waals surface area contributed by atoms with E-state index >= 15 is 0 Å². The third-order valence-electron chi connectivity index (χ3n) is 3.97. The Hall–Kier alpha value is -3.10. The highest BCUT2D eigenvalue weighted by Gasteiger charge is 2.26. The Morgan fingerprint density at radius 3 is 2.18 bits per heavy atom. The Kier molecular flexibility index (Phi) is 9.49. The SMILES string of the molecule is CC(C)C[C@H](NC(=O)[C@H](CCCN=C(N)N)NC(=O)c1ccccc1)C(N)=O. The molecule has 0 saturated heterocycles. The number of nitrogens with one attached hydrogen (secondary N) is 2. The van der Waals surface area contributed by atoms with Crippen LogP contribution >= 0.6 is 0 Å². The number of hydrogen-bond donors (Lipinski definition) is 5. The Labute approximate surface area is 165 Å². The first-order valence-electron chi connectivity index (χ1n) is 9.21. The van der Waals surface area contributed by atoms with Crippen molar-refractivity contribution in [3.05, 3.63) is 35.9 Å². The quantitative estimate of drug-likeness (QED) is 0.201. The van der Waals surface area contributed by atoms with Crippen LogP contribution in [0.2, 0.25) is 0 Å². The van der Waals surface area contributed by atoms with Gasteiger partial charge in [0, 0.05) is 12.1 Å². The van der Waals surface area contributed by atoms with Gasteiger partial charge in [-0.2, -0.15) is 0 Å². The Balaban J connectivity index is 2.85. The van der Waals surface area contributed by atoms with Crippen molar-refractivity contribution in [1.82, 2.24) is 10.6 Å². The molecule has 3 amide bonds. The standard InChI is InChI=1S/C19H30N6O3/c1-12(2)11-15(16(20)26)25-18(28)14(9-6-10-23-19(21)22)24-17(27)13-7-4-3-5-8-13/h3-5,7-8,12,14-15H,6,9-11H2,1-2H3,(H2,20,26)(H,24,27)(H,25,28)(H4,21,22,23)/t14-,15-/m0/s1. The number of aliphatic imine (C=N–C) groups is 1. The van der Waals surface area contributed by atoms with Crippen LogP contribution in [-0.2, 0) is 9.59 Å². The van der Waals surface area contributed by atoms with Crippen LogP contribution in [0.3, 0.4) is 0 Å². The van der Waals surface area contributed by atoms with Gasteiger partial charge in [-0.3, -0.25) is 19.4 Å². The summed E-state index contributed by atoms with van der Waals surface area (Å²) in [6, 6.07) is 6.89. The zero-order valence-electron chi connectivity index (χ0n) is 16.4. The molecule has 154 valence electrons. The minimum Gasteiger partial charge on any atom is -0.370 e. The second-order valence-corrected chi connectivity index (χ2v) is 6.93. The third-order valence-corrected chi connectivity index (χ3v) is 3.97. The fourth-order valence-corrected chi connectivity index (χ4v) is 2.59. The van der Waals surface area contributed by atoms with Crippen LogP contribution in [0.5, 0.6) is 0 Å². The molecule has 0 spiro atoms.